The zero-order chi connectivity index (χ0) is 13.8. The molecule has 0 fully saturated rings. The van der Waals surface area contributed by atoms with Crippen LogP contribution in [0.1, 0.15) is 27.9 Å². The van der Waals surface area contributed by atoms with Crippen molar-refractivity contribution in [2.45, 2.75) is 20.8 Å². The van der Waals surface area contributed by atoms with Crippen molar-refractivity contribution in [3.05, 3.63) is 64.5 Å². The van der Waals surface area contributed by atoms with Gasteiger partial charge in [-0.1, -0.05) is 18.2 Å². The number of benzene rings is 1. The van der Waals surface area contributed by atoms with Crippen LogP contribution in [0.3, 0.4) is 0 Å². The first kappa shape index (κ1) is 13.0. The number of aromatic nitrogens is 1. The number of rotatable bonds is 2. The quantitative estimate of drug-likeness (QED) is 0.751. The minimum absolute atomic E-state index is 0.590. The Bertz CT molecular complexity index is 662. The van der Waals surface area contributed by atoms with Gasteiger partial charge in [-0.15, -0.1) is 0 Å². The molecule has 0 atom stereocenters. The SMILES string of the molecule is Cc1cc(C)c(C=C(C#N)c2ccccn2)cc1C. The van der Waals surface area contributed by atoms with E-state index in [1.165, 1.54) is 16.7 Å². The van der Waals surface area contributed by atoms with E-state index < -0.39 is 0 Å². The summed E-state index contributed by atoms with van der Waals surface area (Å²) in [5, 5.41) is 9.30. The maximum Gasteiger partial charge on any atom is 0.101 e. The van der Waals surface area contributed by atoms with Crippen LogP contribution in [0.5, 0.6) is 0 Å². The fraction of sp³-hybridized carbons (Fsp3) is 0.176. The van der Waals surface area contributed by atoms with Crippen molar-refractivity contribution in [2.24, 2.45) is 0 Å². The van der Waals surface area contributed by atoms with Crippen molar-refractivity contribution in [1.82, 2.24) is 4.98 Å². The molecule has 0 amide bonds. The summed E-state index contributed by atoms with van der Waals surface area (Å²) in [5.74, 6) is 0. The molecular weight excluding hydrogens is 232 g/mol. The van der Waals surface area contributed by atoms with E-state index >= 15 is 0 Å². The van der Waals surface area contributed by atoms with Crippen LogP contribution in [-0.2, 0) is 0 Å². The lowest BCUT2D eigenvalue weighted by molar-refractivity contribution is 1.27. The van der Waals surface area contributed by atoms with E-state index in [1.54, 1.807) is 6.20 Å². The molecule has 94 valence electrons. The highest BCUT2D eigenvalue weighted by Crippen LogP contribution is 2.21. The zero-order valence-electron chi connectivity index (χ0n) is 11.4. The molecule has 0 unspecified atom stereocenters. The van der Waals surface area contributed by atoms with Gasteiger partial charge in [0.1, 0.15) is 6.07 Å². The van der Waals surface area contributed by atoms with E-state index in [0.29, 0.717) is 11.3 Å². The average molecular weight is 248 g/mol. The number of hydrogen-bond donors (Lipinski definition) is 0. The van der Waals surface area contributed by atoms with Crippen molar-refractivity contribution >= 4 is 11.6 Å². The highest BCUT2D eigenvalue weighted by atomic mass is 14.7. The van der Waals surface area contributed by atoms with E-state index in [1.807, 2.05) is 24.3 Å². The van der Waals surface area contributed by atoms with Crippen LogP contribution in [0.2, 0.25) is 0 Å². The van der Waals surface area contributed by atoms with E-state index in [2.05, 4.69) is 44.0 Å². The first-order valence-corrected chi connectivity index (χ1v) is 6.23. The highest BCUT2D eigenvalue weighted by molar-refractivity contribution is 5.88. The topological polar surface area (TPSA) is 36.7 Å². The summed E-state index contributed by atoms with van der Waals surface area (Å²) in [7, 11) is 0. The zero-order valence-corrected chi connectivity index (χ0v) is 11.4. The van der Waals surface area contributed by atoms with Gasteiger partial charge < -0.3 is 0 Å². The molecule has 0 spiro atoms. The lowest BCUT2D eigenvalue weighted by Crippen LogP contribution is -1.90. The fourth-order valence-corrected chi connectivity index (χ4v) is 1.98. The number of nitriles is 1. The van der Waals surface area contributed by atoms with Gasteiger partial charge in [-0.05, 0) is 61.2 Å². The third-order valence-corrected chi connectivity index (χ3v) is 3.24. The maximum absolute atomic E-state index is 9.30. The van der Waals surface area contributed by atoms with Crippen LogP contribution in [0.15, 0.2) is 36.5 Å². The van der Waals surface area contributed by atoms with E-state index in [4.69, 9.17) is 0 Å². The number of nitrogens with zero attached hydrogens (tertiary/aromatic N) is 2. The average Bonchev–Trinajstić information content (AvgIpc) is 2.42. The van der Waals surface area contributed by atoms with Gasteiger partial charge in [-0.25, -0.2) is 0 Å². The lowest BCUT2D eigenvalue weighted by Gasteiger charge is -2.07. The minimum Gasteiger partial charge on any atom is -0.256 e. The van der Waals surface area contributed by atoms with Gasteiger partial charge in [-0.3, -0.25) is 4.98 Å². The molecule has 1 aromatic heterocycles. The normalized spacial score (nSPS) is 11.2. The molecular formula is C17H16N2. The summed E-state index contributed by atoms with van der Waals surface area (Å²) in [4.78, 5) is 4.22. The molecule has 2 heteroatoms. The second-order valence-corrected chi connectivity index (χ2v) is 4.68. The van der Waals surface area contributed by atoms with Crippen LogP contribution >= 0.6 is 0 Å². The fourth-order valence-electron chi connectivity index (χ4n) is 1.98. The summed E-state index contributed by atoms with van der Waals surface area (Å²) in [6, 6.07) is 12.1. The van der Waals surface area contributed by atoms with Gasteiger partial charge in [0.05, 0.1) is 11.3 Å². The Balaban J connectivity index is 2.51. The maximum atomic E-state index is 9.30. The Morgan fingerprint density at radius 1 is 1.11 bits per heavy atom. The predicted octanol–water partition coefficient (Wildman–Crippen LogP) is 4.07. The van der Waals surface area contributed by atoms with Crippen molar-refractivity contribution < 1.29 is 0 Å². The van der Waals surface area contributed by atoms with Gasteiger partial charge in [0.2, 0.25) is 0 Å². The molecule has 2 rings (SSSR count). The number of aryl methyl sites for hydroxylation is 3. The minimum atomic E-state index is 0.590. The van der Waals surface area contributed by atoms with Crippen molar-refractivity contribution in [3.63, 3.8) is 0 Å². The molecule has 2 aromatic rings. The number of hydrogen-bond acceptors (Lipinski definition) is 2. The van der Waals surface area contributed by atoms with E-state index in [-0.39, 0.29) is 0 Å². The van der Waals surface area contributed by atoms with Crippen molar-refractivity contribution in [2.75, 3.05) is 0 Å². The molecule has 1 heterocycles. The number of allylic oxidation sites excluding steroid dienone is 1. The van der Waals surface area contributed by atoms with Gasteiger partial charge in [0, 0.05) is 6.20 Å². The molecule has 2 nitrogen and oxygen atoms in total. The molecule has 0 bridgehead atoms. The third kappa shape index (κ3) is 2.89. The Labute approximate surface area is 114 Å². The van der Waals surface area contributed by atoms with Crippen LogP contribution in [0.25, 0.3) is 11.6 Å². The predicted molar refractivity (Wildman–Crippen MR) is 78.4 cm³/mol. The van der Waals surface area contributed by atoms with Gasteiger partial charge in [0.25, 0.3) is 0 Å². The Kier molecular flexibility index (Phi) is 3.77. The number of pyridine rings is 1. The smallest absolute Gasteiger partial charge is 0.101 e. The summed E-state index contributed by atoms with van der Waals surface area (Å²) in [6.07, 6.45) is 3.61. The van der Waals surface area contributed by atoms with Gasteiger partial charge >= 0.3 is 0 Å². The van der Waals surface area contributed by atoms with Gasteiger partial charge in [0.15, 0.2) is 0 Å². The molecule has 0 aliphatic heterocycles. The Hall–Kier alpha value is -2.40. The first-order valence-electron chi connectivity index (χ1n) is 6.23. The van der Waals surface area contributed by atoms with Crippen molar-refractivity contribution in [3.8, 4) is 6.07 Å². The Morgan fingerprint density at radius 3 is 2.47 bits per heavy atom. The molecule has 19 heavy (non-hydrogen) atoms. The molecule has 0 saturated carbocycles. The van der Waals surface area contributed by atoms with Crippen LogP contribution in [0, 0.1) is 32.1 Å². The summed E-state index contributed by atoms with van der Waals surface area (Å²) >= 11 is 0. The Morgan fingerprint density at radius 2 is 1.84 bits per heavy atom. The second-order valence-electron chi connectivity index (χ2n) is 4.68. The molecule has 0 aliphatic rings. The molecule has 0 saturated heterocycles. The standard InChI is InChI=1S/C17H16N2/c1-12-8-14(3)15(9-13(12)2)10-16(11-18)17-6-4-5-7-19-17/h4-10H,1-3H3. The van der Waals surface area contributed by atoms with Gasteiger partial charge in [-0.2, -0.15) is 5.26 Å². The molecule has 0 N–H and O–H groups in total. The molecule has 1 aromatic carbocycles. The van der Waals surface area contributed by atoms with E-state index in [0.717, 1.165) is 5.56 Å². The van der Waals surface area contributed by atoms with Crippen LogP contribution < -0.4 is 0 Å². The summed E-state index contributed by atoms with van der Waals surface area (Å²) in [5.41, 5.74) is 6.05. The highest BCUT2D eigenvalue weighted by Gasteiger charge is 2.04. The first-order chi connectivity index (χ1) is 9.11. The largest absolute Gasteiger partial charge is 0.256 e. The lowest BCUT2D eigenvalue weighted by atomic mass is 9.98. The molecule has 0 aliphatic carbocycles. The summed E-state index contributed by atoms with van der Waals surface area (Å²) < 4.78 is 0. The van der Waals surface area contributed by atoms with Crippen LogP contribution in [0.4, 0.5) is 0 Å². The van der Waals surface area contributed by atoms with E-state index in [9.17, 15) is 5.26 Å². The third-order valence-electron chi connectivity index (χ3n) is 3.24. The van der Waals surface area contributed by atoms with Crippen LogP contribution in [-0.4, -0.2) is 4.98 Å². The second kappa shape index (κ2) is 5.49. The molecule has 0 radical (unpaired) electrons. The monoisotopic (exact) mass is 248 g/mol. The summed E-state index contributed by atoms with van der Waals surface area (Å²) in [6.45, 7) is 6.24. The van der Waals surface area contributed by atoms with Crippen molar-refractivity contribution in [1.29, 1.82) is 5.26 Å².